The number of hydrogen-bond acceptors (Lipinski definition) is 4. The summed E-state index contributed by atoms with van der Waals surface area (Å²) in [5.41, 5.74) is 0.144. The first-order chi connectivity index (χ1) is 9.85. The molecule has 1 rings (SSSR count). The maximum atomic E-state index is 11.7. The molecule has 0 saturated carbocycles. The van der Waals surface area contributed by atoms with E-state index in [2.05, 4.69) is 10.6 Å². The number of halogens is 1. The highest BCUT2D eigenvalue weighted by molar-refractivity contribution is 6.34. The largest absolute Gasteiger partial charge is 0.496 e. The van der Waals surface area contributed by atoms with Gasteiger partial charge in [0.2, 0.25) is 11.8 Å². The van der Waals surface area contributed by atoms with Gasteiger partial charge in [0.1, 0.15) is 11.3 Å². The number of benzene rings is 1. The Labute approximate surface area is 126 Å². The average molecular weight is 315 g/mol. The predicted molar refractivity (Wildman–Crippen MR) is 76.9 cm³/mol. The van der Waals surface area contributed by atoms with Gasteiger partial charge in [-0.25, -0.2) is 4.79 Å². The van der Waals surface area contributed by atoms with Crippen LogP contribution in [0.4, 0.5) is 5.69 Å². The van der Waals surface area contributed by atoms with Gasteiger partial charge in [0.25, 0.3) is 0 Å². The second kappa shape index (κ2) is 7.49. The van der Waals surface area contributed by atoms with Gasteiger partial charge >= 0.3 is 5.97 Å². The van der Waals surface area contributed by atoms with E-state index in [0.29, 0.717) is 0 Å². The summed E-state index contributed by atoms with van der Waals surface area (Å²) in [5.74, 6) is -1.69. The third-order valence-electron chi connectivity index (χ3n) is 2.52. The summed E-state index contributed by atoms with van der Waals surface area (Å²) >= 11 is 5.93. The van der Waals surface area contributed by atoms with Crippen LogP contribution >= 0.6 is 11.6 Å². The van der Waals surface area contributed by atoms with E-state index in [0.717, 1.165) is 0 Å². The first-order valence-corrected chi connectivity index (χ1v) is 6.38. The van der Waals surface area contributed by atoms with Crippen LogP contribution in [0.5, 0.6) is 5.75 Å². The molecule has 21 heavy (non-hydrogen) atoms. The number of amides is 2. The van der Waals surface area contributed by atoms with Crippen molar-refractivity contribution in [3.63, 3.8) is 0 Å². The molecule has 0 spiro atoms. The molecule has 0 radical (unpaired) electrons. The van der Waals surface area contributed by atoms with Gasteiger partial charge in [0, 0.05) is 26.0 Å². The molecule has 0 heterocycles. The molecule has 0 saturated heterocycles. The first-order valence-electron chi connectivity index (χ1n) is 6.00. The summed E-state index contributed by atoms with van der Waals surface area (Å²) in [6, 6.07) is 2.54. The van der Waals surface area contributed by atoms with E-state index in [1.807, 2.05) is 0 Å². The van der Waals surface area contributed by atoms with Crippen molar-refractivity contribution in [1.29, 1.82) is 0 Å². The van der Waals surface area contributed by atoms with Gasteiger partial charge in [-0.3, -0.25) is 9.59 Å². The lowest BCUT2D eigenvalue weighted by atomic mass is 10.1. The second-order valence-electron chi connectivity index (χ2n) is 4.12. The average Bonchev–Trinajstić information content (AvgIpc) is 2.39. The van der Waals surface area contributed by atoms with Crippen LogP contribution in [0.25, 0.3) is 0 Å². The number of rotatable bonds is 6. The predicted octanol–water partition coefficient (Wildman–Crippen LogP) is 1.51. The van der Waals surface area contributed by atoms with E-state index in [4.69, 9.17) is 21.4 Å². The number of carboxylic acids is 1. The molecule has 0 aliphatic heterocycles. The van der Waals surface area contributed by atoms with E-state index < -0.39 is 5.97 Å². The van der Waals surface area contributed by atoms with E-state index >= 15 is 0 Å². The molecule has 2 amide bonds. The molecule has 0 aliphatic rings. The molecule has 0 aliphatic carbocycles. The van der Waals surface area contributed by atoms with Crippen molar-refractivity contribution < 1.29 is 24.2 Å². The highest BCUT2D eigenvalue weighted by atomic mass is 35.5. The molecule has 0 unspecified atom stereocenters. The Balaban J connectivity index is 2.81. The van der Waals surface area contributed by atoms with Crippen molar-refractivity contribution in [3.05, 3.63) is 22.7 Å². The zero-order valence-electron chi connectivity index (χ0n) is 11.5. The fourth-order valence-corrected chi connectivity index (χ4v) is 1.76. The van der Waals surface area contributed by atoms with Crippen molar-refractivity contribution >= 4 is 35.1 Å². The topological polar surface area (TPSA) is 105 Å². The lowest BCUT2D eigenvalue weighted by Gasteiger charge is -2.11. The Kier molecular flexibility index (Phi) is 5.98. The molecule has 8 heteroatoms. The molecule has 0 fully saturated rings. The minimum Gasteiger partial charge on any atom is -0.496 e. The summed E-state index contributed by atoms with van der Waals surface area (Å²) in [6.45, 7) is 1.55. The minimum atomic E-state index is -1.18. The van der Waals surface area contributed by atoms with Crippen LogP contribution in [0.2, 0.25) is 5.02 Å². The van der Waals surface area contributed by atoms with Gasteiger partial charge in [-0.15, -0.1) is 0 Å². The Morgan fingerprint density at radius 2 is 2.00 bits per heavy atom. The zero-order chi connectivity index (χ0) is 16.0. The molecular weight excluding hydrogens is 300 g/mol. The SMILES string of the molecule is COc1cc(NC(=O)CCNC(C)=O)c(Cl)cc1C(=O)O. The van der Waals surface area contributed by atoms with Gasteiger partial charge in [0.15, 0.2) is 0 Å². The van der Waals surface area contributed by atoms with Crippen molar-refractivity contribution in [2.75, 3.05) is 19.0 Å². The van der Waals surface area contributed by atoms with Gasteiger partial charge < -0.3 is 20.5 Å². The summed E-state index contributed by atoms with van der Waals surface area (Å²) in [7, 11) is 1.32. The van der Waals surface area contributed by atoms with Gasteiger partial charge in [-0.2, -0.15) is 0 Å². The van der Waals surface area contributed by atoms with Gasteiger partial charge in [0.05, 0.1) is 17.8 Å². The molecule has 0 bridgehead atoms. The van der Waals surface area contributed by atoms with Gasteiger partial charge in [-0.1, -0.05) is 11.6 Å². The van der Waals surface area contributed by atoms with Crippen LogP contribution in [0.15, 0.2) is 12.1 Å². The lowest BCUT2D eigenvalue weighted by Crippen LogP contribution is -2.25. The molecule has 0 atom stereocenters. The maximum Gasteiger partial charge on any atom is 0.339 e. The highest BCUT2D eigenvalue weighted by Crippen LogP contribution is 2.31. The Morgan fingerprint density at radius 1 is 1.33 bits per heavy atom. The Morgan fingerprint density at radius 3 is 2.52 bits per heavy atom. The number of methoxy groups -OCH3 is 1. The number of nitrogens with one attached hydrogen (secondary N) is 2. The number of hydrogen-bond donors (Lipinski definition) is 3. The van der Waals surface area contributed by atoms with E-state index in [1.165, 1.54) is 26.2 Å². The van der Waals surface area contributed by atoms with Crippen LogP contribution in [0.3, 0.4) is 0 Å². The number of ether oxygens (including phenoxy) is 1. The number of carbonyl (C=O) groups is 3. The fourth-order valence-electron chi connectivity index (χ4n) is 1.55. The van der Waals surface area contributed by atoms with Crippen LogP contribution in [-0.4, -0.2) is 36.5 Å². The van der Waals surface area contributed by atoms with Crippen LogP contribution in [0.1, 0.15) is 23.7 Å². The van der Waals surface area contributed by atoms with E-state index in [1.54, 1.807) is 0 Å². The number of carbonyl (C=O) groups excluding carboxylic acids is 2. The van der Waals surface area contributed by atoms with Crippen molar-refractivity contribution in [1.82, 2.24) is 5.32 Å². The summed E-state index contributed by atoms with van der Waals surface area (Å²) in [4.78, 5) is 33.4. The quantitative estimate of drug-likeness (QED) is 0.738. The third-order valence-corrected chi connectivity index (χ3v) is 2.83. The molecular formula is C13H15ClN2O5. The Hall–Kier alpha value is -2.28. The van der Waals surface area contributed by atoms with Crippen LogP contribution in [0, 0.1) is 0 Å². The normalized spacial score (nSPS) is 9.86. The number of carboxylic acid groups (broad SMARTS) is 1. The Bertz CT molecular complexity index is 574. The van der Waals surface area contributed by atoms with Crippen molar-refractivity contribution in [3.8, 4) is 5.75 Å². The first kappa shape index (κ1) is 16.8. The molecule has 3 N–H and O–H groups in total. The lowest BCUT2D eigenvalue weighted by molar-refractivity contribution is -0.119. The van der Waals surface area contributed by atoms with Crippen molar-refractivity contribution in [2.24, 2.45) is 0 Å². The minimum absolute atomic E-state index is 0.0684. The number of anilines is 1. The summed E-state index contributed by atoms with van der Waals surface area (Å²) < 4.78 is 4.95. The standard InChI is InChI=1S/C13H15ClN2O5/c1-7(17)15-4-3-12(18)16-10-6-11(21-2)8(13(19)20)5-9(10)14/h5-6H,3-4H2,1-2H3,(H,15,17)(H,16,18)(H,19,20). The monoisotopic (exact) mass is 314 g/mol. The van der Waals surface area contributed by atoms with E-state index in [9.17, 15) is 14.4 Å². The smallest absolute Gasteiger partial charge is 0.339 e. The molecule has 114 valence electrons. The van der Waals surface area contributed by atoms with Gasteiger partial charge in [-0.05, 0) is 6.07 Å². The second-order valence-corrected chi connectivity index (χ2v) is 4.53. The molecule has 1 aromatic carbocycles. The van der Waals surface area contributed by atoms with Crippen molar-refractivity contribution in [2.45, 2.75) is 13.3 Å². The van der Waals surface area contributed by atoms with Crippen LogP contribution in [-0.2, 0) is 9.59 Å². The molecule has 7 nitrogen and oxygen atoms in total. The molecule has 0 aromatic heterocycles. The number of aromatic carboxylic acids is 1. The third kappa shape index (κ3) is 4.96. The highest BCUT2D eigenvalue weighted by Gasteiger charge is 2.16. The van der Waals surface area contributed by atoms with Crippen LogP contribution < -0.4 is 15.4 Å². The summed E-state index contributed by atoms with van der Waals surface area (Å²) in [6.07, 6.45) is 0.0684. The molecule has 1 aromatic rings. The maximum absolute atomic E-state index is 11.7. The zero-order valence-corrected chi connectivity index (χ0v) is 12.3. The van der Waals surface area contributed by atoms with E-state index in [-0.39, 0.29) is 46.8 Å². The summed E-state index contributed by atoms with van der Waals surface area (Å²) in [5, 5.41) is 14.1. The fraction of sp³-hybridized carbons (Fsp3) is 0.308.